The molecule has 0 heterocycles. The third kappa shape index (κ3) is 2.59. The molecule has 0 atom stereocenters. The van der Waals surface area contributed by atoms with Crippen LogP contribution in [0.4, 0.5) is 5.69 Å². The van der Waals surface area contributed by atoms with E-state index >= 15 is 0 Å². The zero-order valence-electron chi connectivity index (χ0n) is 7.42. The van der Waals surface area contributed by atoms with Gasteiger partial charge >= 0.3 is 5.97 Å². The maximum atomic E-state index is 10.6. The topological polar surface area (TPSA) is 40.5 Å². The molecule has 0 bridgehead atoms. The molecule has 14 heavy (non-hydrogen) atoms. The van der Waals surface area contributed by atoms with Crippen molar-refractivity contribution in [2.75, 3.05) is 16.7 Å². The summed E-state index contributed by atoms with van der Waals surface area (Å²) in [7, 11) is 0. The Bertz CT molecular complexity index is 309. The van der Waals surface area contributed by atoms with Crippen LogP contribution in [0.5, 0.6) is 0 Å². The molecule has 1 rings (SSSR count). The summed E-state index contributed by atoms with van der Waals surface area (Å²) >= 11 is 8.27. The van der Waals surface area contributed by atoms with E-state index in [-0.39, 0.29) is 5.56 Å². The highest BCUT2D eigenvalue weighted by Gasteiger charge is 2.04. The predicted octanol–water partition coefficient (Wildman–Crippen LogP) is 1.97. The molecule has 1 aromatic carbocycles. The van der Waals surface area contributed by atoms with Crippen molar-refractivity contribution in [3.63, 3.8) is 0 Å². The monoisotopic (exact) mass is 229 g/mol. The van der Waals surface area contributed by atoms with E-state index in [2.05, 4.69) is 25.3 Å². The number of anilines is 1. The summed E-state index contributed by atoms with van der Waals surface area (Å²) in [5.41, 5.74) is 1.20. The van der Waals surface area contributed by atoms with Crippen LogP contribution in [0.2, 0.25) is 0 Å². The molecule has 5 heteroatoms. The number of carboxylic acid groups (broad SMARTS) is 1. The van der Waals surface area contributed by atoms with Gasteiger partial charge in [-0.15, -0.1) is 0 Å². The molecule has 0 amide bonds. The lowest BCUT2D eigenvalue weighted by Gasteiger charge is -2.19. The molecule has 0 aliphatic rings. The molecule has 0 saturated carbocycles. The van der Waals surface area contributed by atoms with Crippen LogP contribution in [0.15, 0.2) is 24.3 Å². The van der Waals surface area contributed by atoms with E-state index < -0.39 is 5.97 Å². The van der Waals surface area contributed by atoms with E-state index in [9.17, 15) is 4.79 Å². The second-order valence-corrected chi connectivity index (χ2v) is 3.24. The van der Waals surface area contributed by atoms with Crippen molar-refractivity contribution in [3.8, 4) is 0 Å². The highest BCUT2D eigenvalue weighted by atomic mass is 32.1. The summed E-state index contributed by atoms with van der Waals surface area (Å²) in [6.45, 7) is 0. The summed E-state index contributed by atoms with van der Waals surface area (Å²) in [6, 6.07) is 6.63. The quantitative estimate of drug-likeness (QED) is 0.546. The van der Waals surface area contributed by atoms with Crippen LogP contribution in [-0.2, 0) is 0 Å². The Balaban J connectivity index is 2.87. The highest BCUT2D eigenvalue weighted by molar-refractivity contribution is 7.81. The van der Waals surface area contributed by atoms with Crippen molar-refractivity contribution >= 4 is 36.9 Å². The van der Waals surface area contributed by atoms with E-state index in [1.807, 2.05) is 4.90 Å². The standard InChI is InChI=1S/C9H11NO2S2/c11-9(12)7-1-3-8(4-2-7)10(5-13)6-14/h1-4,13-14H,5-6H2,(H,11,12). The van der Waals surface area contributed by atoms with Gasteiger partial charge in [0.2, 0.25) is 0 Å². The van der Waals surface area contributed by atoms with Gasteiger partial charge < -0.3 is 10.0 Å². The maximum absolute atomic E-state index is 10.6. The molecule has 0 spiro atoms. The Labute approximate surface area is 93.6 Å². The van der Waals surface area contributed by atoms with Crippen molar-refractivity contribution in [1.29, 1.82) is 0 Å². The largest absolute Gasteiger partial charge is 0.478 e. The van der Waals surface area contributed by atoms with Crippen LogP contribution in [0.25, 0.3) is 0 Å². The van der Waals surface area contributed by atoms with Crippen molar-refractivity contribution in [1.82, 2.24) is 0 Å². The first kappa shape index (κ1) is 11.3. The zero-order chi connectivity index (χ0) is 10.6. The van der Waals surface area contributed by atoms with Crippen LogP contribution >= 0.6 is 25.3 Å². The fraction of sp³-hybridized carbons (Fsp3) is 0.222. The number of thiol groups is 2. The zero-order valence-corrected chi connectivity index (χ0v) is 9.21. The van der Waals surface area contributed by atoms with E-state index in [0.717, 1.165) is 5.69 Å². The number of hydrogen-bond donors (Lipinski definition) is 3. The van der Waals surface area contributed by atoms with E-state index in [1.165, 1.54) is 0 Å². The maximum Gasteiger partial charge on any atom is 0.335 e. The van der Waals surface area contributed by atoms with Crippen LogP contribution in [0.1, 0.15) is 10.4 Å². The SMILES string of the molecule is O=C(O)c1ccc(N(CS)CS)cc1. The minimum atomic E-state index is -0.917. The van der Waals surface area contributed by atoms with E-state index in [0.29, 0.717) is 11.8 Å². The summed E-state index contributed by atoms with van der Waals surface area (Å²) in [5.74, 6) is 0.186. The molecular weight excluding hydrogens is 218 g/mol. The average molecular weight is 229 g/mol. The van der Waals surface area contributed by atoms with Gasteiger partial charge in [0.25, 0.3) is 0 Å². The van der Waals surface area contributed by atoms with Crippen LogP contribution < -0.4 is 4.90 Å². The smallest absolute Gasteiger partial charge is 0.335 e. The fourth-order valence-electron chi connectivity index (χ4n) is 1.02. The van der Waals surface area contributed by atoms with Gasteiger partial charge in [0.1, 0.15) is 0 Å². The summed E-state index contributed by atoms with van der Waals surface area (Å²) < 4.78 is 0. The molecule has 0 aliphatic heterocycles. The van der Waals surface area contributed by atoms with Gasteiger partial charge in [0, 0.05) is 5.69 Å². The van der Waals surface area contributed by atoms with Crippen molar-refractivity contribution in [2.45, 2.75) is 0 Å². The van der Waals surface area contributed by atoms with Gasteiger partial charge in [-0.05, 0) is 24.3 Å². The molecule has 0 saturated heterocycles. The summed E-state index contributed by atoms with van der Waals surface area (Å²) in [6.07, 6.45) is 0. The fourth-order valence-corrected chi connectivity index (χ4v) is 1.71. The Hall–Kier alpha value is -0.810. The molecule has 1 N–H and O–H groups in total. The minimum absolute atomic E-state index is 0.284. The third-order valence-corrected chi connectivity index (χ3v) is 2.50. The van der Waals surface area contributed by atoms with Crippen molar-refractivity contribution < 1.29 is 9.90 Å². The molecular formula is C9H11NO2S2. The number of aromatic carboxylic acids is 1. The molecule has 0 unspecified atom stereocenters. The Morgan fingerprint density at radius 1 is 1.21 bits per heavy atom. The van der Waals surface area contributed by atoms with Gasteiger partial charge in [-0.2, -0.15) is 25.3 Å². The second-order valence-electron chi connectivity index (χ2n) is 2.67. The van der Waals surface area contributed by atoms with Crippen LogP contribution in [-0.4, -0.2) is 22.8 Å². The Kier molecular flexibility index (Phi) is 4.16. The molecule has 0 radical (unpaired) electrons. The second kappa shape index (κ2) is 5.17. The Morgan fingerprint density at radius 3 is 2.07 bits per heavy atom. The van der Waals surface area contributed by atoms with Crippen LogP contribution in [0.3, 0.4) is 0 Å². The van der Waals surface area contributed by atoms with Crippen LogP contribution in [0, 0.1) is 0 Å². The molecule has 3 nitrogen and oxygen atoms in total. The number of rotatable bonds is 4. The summed E-state index contributed by atoms with van der Waals surface area (Å²) in [5, 5.41) is 8.68. The normalized spacial score (nSPS) is 9.86. The first-order chi connectivity index (χ1) is 6.69. The lowest BCUT2D eigenvalue weighted by molar-refractivity contribution is 0.0697. The van der Waals surface area contributed by atoms with E-state index in [4.69, 9.17) is 5.11 Å². The molecule has 76 valence electrons. The first-order valence-corrected chi connectivity index (χ1v) is 5.25. The highest BCUT2D eigenvalue weighted by Crippen LogP contribution is 2.16. The van der Waals surface area contributed by atoms with Gasteiger partial charge in [0.15, 0.2) is 0 Å². The average Bonchev–Trinajstić information content (AvgIpc) is 2.20. The summed E-state index contributed by atoms with van der Waals surface area (Å²) in [4.78, 5) is 12.5. The van der Waals surface area contributed by atoms with Gasteiger partial charge in [0.05, 0.1) is 17.3 Å². The molecule has 0 aliphatic carbocycles. The Morgan fingerprint density at radius 2 is 1.71 bits per heavy atom. The first-order valence-electron chi connectivity index (χ1n) is 3.99. The predicted molar refractivity (Wildman–Crippen MR) is 63.6 cm³/mol. The van der Waals surface area contributed by atoms with Crippen molar-refractivity contribution in [2.24, 2.45) is 0 Å². The molecule has 1 aromatic rings. The van der Waals surface area contributed by atoms with Gasteiger partial charge in [-0.1, -0.05) is 0 Å². The van der Waals surface area contributed by atoms with Crippen molar-refractivity contribution in [3.05, 3.63) is 29.8 Å². The number of carbonyl (C=O) groups is 1. The number of nitrogens with zero attached hydrogens (tertiary/aromatic N) is 1. The number of carboxylic acids is 1. The molecule has 0 fully saturated rings. The third-order valence-electron chi connectivity index (χ3n) is 1.82. The minimum Gasteiger partial charge on any atom is -0.478 e. The molecule has 0 aromatic heterocycles. The number of benzene rings is 1. The lowest BCUT2D eigenvalue weighted by Crippen LogP contribution is -2.19. The van der Waals surface area contributed by atoms with Gasteiger partial charge in [-0.3, -0.25) is 0 Å². The lowest BCUT2D eigenvalue weighted by atomic mass is 10.2. The number of hydrogen-bond acceptors (Lipinski definition) is 4. The van der Waals surface area contributed by atoms with Gasteiger partial charge in [-0.25, -0.2) is 4.79 Å². The van der Waals surface area contributed by atoms with E-state index in [1.54, 1.807) is 24.3 Å².